The monoisotopic (exact) mass is 447 g/mol. The highest BCUT2D eigenvalue weighted by Gasteiger charge is 2.26. The predicted octanol–water partition coefficient (Wildman–Crippen LogP) is 2.37. The summed E-state index contributed by atoms with van der Waals surface area (Å²) in [5, 5.41) is 7.10. The van der Waals surface area contributed by atoms with Crippen LogP contribution in [0.15, 0.2) is 40.8 Å². The summed E-state index contributed by atoms with van der Waals surface area (Å²) < 4.78 is 5.23. The Kier molecular flexibility index (Phi) is 8.08. The third-order valence-corrected chi connectivity index (χ3v) is 5.69. The molecule has 0 unspecified atom stereocenters. The van der Waals surface area contributed by atoms with Gasteiger partial charge in [0.15, 0.2) is 11.0 Å². The van der Waals surface area contributed by atoms with Crippen molar-refractivity contribution in [3.63, 3.8) is 0 Å². The molecular formula is C22H26ClN3O5. The van der Waals surface area contributed by atoms with Crippen LogP contribution in [-0.2, 0) is 22.6 Å². The number of halogens is 1. The van der Waals surface area contributed by atoms with Gasteiger partial charge in [0, 0.05) is 39.3 Å². The molecule has 3 heterocycles. The van der Waals surface area contributed by atoms with Crippen LogP contribution in [0.2, 0.25) is 5.22 Å². The largest absolute Gasteiger partial charge is 0.483 e. The van der Waals surface area contributed by atoms with Gasteiger partial charge in [0.25, 0.3) is 12.4 Å². The Labute approximate surface area is 186 Å². The average molecular weight is 448 g/mol. The number of furan rings is 1. The molecule has 2 aliphatic heterocycles. The molecule has 0 radical (unpaired) electrons. The summed E-state index contributed by atoms with van der Waals surface area (Å²) in [5.74, 6) is 0.209. The molecule has 4 rings (SSSR count). The molecule has 0 aliphatic carbocycles. The molecule has 2 amide bonds. The highest BCUT2D eigenvalue weighted by Crippen LogP contribution is 2.19. The Balaban J connectivity index is 0.000000858. The molecule has 2 aromatic rings. The Morgan fingerprint density at radius 2 is 1.68 bits per heavy atom. The molecule has 1 aromatic carbocycles. The van der Waals surface area contributed by atoms with E-state index in [0.717, 1.165) is 25.9 Å². The van der Waals surface area contributed by atoms with E-state index >= 15 is 0 Å². The van der Waals surface area contributed by atoms with Gasteiger partial charge in [0.2, 0.25) is 5.91 Å². The summed E-state index contributed by atoms with van der Waals surface area (Å²) in [6.07, 6.45) is 1.74. The fourth-order valence-corrected chi connectivity index (χ4v) is 4.08. The van der Waals surface area contributed by atoms with Crippen LogP contribution in [0.1, 0.15) is 28.1 Å². The molecule has 9 heteroatoms. The van der Waals surface area contributed by atoms with E-state index in [-0.39, 0.29) is 29.3 Å². The topological polar surface area (TPSA) is 94.3 Å². The zero-order valence-electron chi connectivity index (χ0n) is 17.2. The third-order valence-electron chi connectivity index (χ3n) is 5.49. The standard InChI is InChI=1S/C21H24ClN3O3.CH2O2/c22-19-7-6-18(28-19)21(27)25-10-3-9-24(12-13-25)20(26)15-23-11-8-16-4-1-2-5-17(16)14-23;2-1-3/h1-2,4-7H,3,8-15H2;1H,(H,2,3). The number of carboxylic acid groups (broad SMARTS) is 1. The maximum Gasteiger partial charge on any atom is 0.290 e. The number of amides is 2. The van der Waals surface area contributed by atoms with Gasteiger partial charge in [-0.1, -0.05) is 24.3 Å². The Morgan fingerprint density at radius 1 is 1.00 bits per heavy atom. The molecule has 0 atom stereocenters. The maximum absolute atomic E-state index is 12.8. The summed E-state index contributed by atoms with van der Waals surface area (Å²) in [7, 11) is 0. The van der Waals surface area contributed by atoms with Crippen molar-refractivity contribution in [2.45, 2.75) is 19.4 Å². The van der Waals surface area contributed by atoms with Gasteiger partial charge in [-0.15, -0.1) is 0 Å². The number of nitrogens with zero attached hydrogens (tertiary/aromatic N) is 3. The van der Waals surface area contributed by atoms with Gasteiger partial charge in [0.1, 0.15) is 0 Å². The number of carbonyl (C=O) groups is 3. The lowest BCUT2D eigenvalue weighted by Gasteiger charge is -2.30. The van der Waals surface area contributed by atoms with Crippen molar-refractivity contribution in [3.05, 3.63) is 58.5 Å². The smallest absolute Gasteiger partial charge is 0.290 e. The van der Waals surface area contributed by atoms with Crippen molar-refractivity contribution in [2.75, 3.05) is 39.3 Å². The Bertz CT molecular complexity index is 916. The summed E-state index contributed by atoms with van der Waals surface area (Å²) >= 11 is 5.77. The van der Waals surface area contributed by atoms with E-state index < -0.39 is 0 Å². The van der Waals surface area contributed by atoms with Crippen molar-refractivity contribution < 1.29 is 23.9 Å². The van der Waals surface area contributed by atoms with E-state index in [1.807, 2.05) is 4.90 Å². The van der Waals surface area contributed by atoms with Crippen LogP contribution < -0.4 is 0 Å². The highest BCUT2D eigenvalue weighted by molar-refractivity contribution is 6.29. The molecule has 1 fully saturated rings. The van der Waals surface area contributed by atoms with Crippen molar-refractivity contribution in [2.24, 2.45) is 0 Å². The van der Waals surface area contributed by atoms with Crippen molar-refractivity contribution >= 4 is 29.9 Å². The van der Waals surface area contributed by atoms with Crippen molar-refractivity contribution in [1.82, 2.24) is 14.7 Å². The number of hydrogen-bond acceptors (Lipinski definition) is 5. The van der Waals surface area contributed by atoms with Gasteiger partial charge >= 0.3 is 0 Å². The second-order valence-electron chi connectivity index (χ2n) is 7.47. The zero-order valence-corrected chi connectivity index (χ0v) is 18.0. The zero-order chi connectivity index (χ0) is 22.2. The first-order valence-electron chi connectivity index (χ1n) is 10.2. The normalized spacial score (nSPS) is 16.5. The summed E-state index contributed by atoms with van der Waals surface area (Å²) in [6.45, 7) is 4.23. The van der Waals surface area contributed by atoms with Gasteiger partial charge in [0.05, 0.1) is 6.54 Å². The molecule has 166 valence electrons. The molecule has 31 heavy (non-hydrogen) atoms. The summed E-state index contributed by atoms with van der Waals surface area (Å²) in [6, 6.07) is 11.6. The number of fused-ring (bicyclic) bond motifs is 1. The van der Waals surface area contributed by atoms with Crippen LogP contribution in [0.3, 0.4) is 0 Å². The number of carbonyl (C=O) groups excluding carboxylic acids is 2. The minimum absolute atomic E-state index is 0.134. The van der Waals surface area contributed by atoms with Crippen molar-refractivity contribution in [3.8, 4) is 0 Å². The fraction of sp³-hybridized carbons (Fsp3) is 0.409. The Morgan fingerprint density at radius 3 is 2.39 bits per heavy atom. The SMILES string of the molecule is O=C(CN1CCc2ccccc2C1)N1CCCN(C(=O)c2ccc(Cl)o2)CC1.O=CO. The molecule has 1 N–H and O–H groups in total. The lowest BCUT2D eigenvalue weighted by atomic mass is 10.00. The molecule has 0 saturated carbocycles. The molecule has 0 bridgehead atoms. The molecule has 1 aromatic heterocycles. The first-order chi connectivity index (χ1) is 15.0. The molecule has 0 spiro atoms. The Hall–Kier alpha value is -2.84. The number of rotatable bonds is 3. The average Bonchev–Trinajstić information content (AvgIpc) is 3.05. The van der Waals surface area contributed by atoms with Gasteiger partial charge in [-0.25, -0.2) is 0 Å². The van der Waals surface area contributed by atoms with E-state index in [9.17, 15) is 9.59 Å². The first-order valence-corrected chi connectivity index (χ1v) is 10.6. The van der Waals surface area contributed by atoms with Gasteiger partial charge in [-0.05, 0) is 47.7 Å². The van der Waals surface area contributed by atoms with Gasteiger partial charge in [-0.2, -0.15) is 0 Å². The van der Waals surface area contributed by atoms with E-state index in [2.05, 4.69) is 29.2 Å². The first kappa shape index (κ1) is 22.8. The summed E-state index contributed by atoms with van der Waals surface area (Å²) in [4.78, 5) is 39.6. The molecule has 2 aliphatic rings. The summed E-state index contributed by atoms with van der Waals surface area (Å²) in [5.41, 5.74) is 2.69. The minimum Gasteiger partial charge on any atom is -0.483 e. The lowest BCUT2D eigenvalue weighted by molar-refractivity contribution is -0.132. The number of hydrogen-bond donors (Lipinski definition) is 1. The van der Waals surface area contributed by atoms with Crippen LogP contribution >= 0.6 is 11.6 Å². The fourth-order valence-electron chi connectivity index (χ4n) is 3.94. The van der Waals surface area contributed by atoms with Crippen LogP contribution in [0, 0.1) is 0 Å². The third kappa shape index (κ3) is 6.08. The molecular weight excluding hydrogens is 422 g/mol. The molecule has 8 nitrogen and oxygen atoms in total. The van der Waals surface area contributed by atoms with E-state index in [1.54, 1.807) is 17.0 Å². The minimum atomic E-state index is -0.250. The maximum atomic E-state index is 12.8. The highest BCUT2D eigenvalue weighted by atomic mass is 35.5. The number of benzene rings is 1. The quantitative estimate of drug-likeness (QED) is 0.726. The van der Waals surface area contributed by atoms with E-state index in [4.69, 9.17) is 25.9 Å². The van der Waals surface area contributed by atoms with E-state index in [1.165, 1.54) is 11.1 Å². The van der Waals surface area contributed by atoms with Crippen LogP contribution in [0.4, 0.5) is 0 Å². The van der Waals surface area contributed by atoms with Crippen LogP contribution in [0.25, 0.3) is 0 Å². The molecule has 1 saturated heterocycles. The van der Waals surface area contributed by atoms with Crippen LogP contribution in [-0.4, -0.2) is 77.4 Å². The predicted molar refractivity (Wildman–Crippen MR) is 115 cm³/mol. The second-order valence-corrected chi connectivity index (χ2v) is 7.84. The second kappa shape index (κ2) is 11.0. The van der Waals surface area contributed by atoms with E-state index in [0.29, 0.717) is 32.7 Å². The van der Waals surface area contributed by atoms with Crippen LogP contribution in [0.5, 0.6) is 0 Å². The van der Waals surface area contributed by atoms with Gasteiger partial charge in [-0.3, -0.25) is 19.3 Å². The van der Waals surface area contributed by atoms with Crippen molar-refractivity contribution in [1.29, 1.82) is 0 Å². The lowest BCUT2D eigenvalue weighted by Crippen LogP contribution is -2.43. The van der Waals surface area contributed by atoms with Gasteiger partial charge < -0.3 is 19.3 Å².